The van der Waals surface area contributed by atoms with Crippen molar-refractivity contribution >= 4 is 17.6 Å². The highest BCUT2D eigenvalue weighted by molar-refractivity contribution is 6.29. The Hall–Kier alpha value is -2.61. The number of nitrogens with zero attached hydrogens (tertiary/aromatic N) is 2. The second-order valence-electron chi connectivity index (χ2n) is 5.12. The standard InChI is InChI=1S/C17H19ClF2N4O2/c1-21-17(23-9-11-3-6-15(18)22-8-11)24-10-12-7-13(25-2)4-5-14(12)26-16(19)20/h3-8,16H,9-10H2,1-2H3,(H2,21,23,24). The summed E-state index contributed by atoms with van der Waals surface area (Å²) in [6, 6.07) is 8.16. The van der Waals surface area contributed by atoms with E-state index in [4.69, 9.17) is 16.3 Å². The smallest absolute Gasteiger partial charge is 0.387 e. The van der Waals surface area contributed by atoms with Gasteiger partial charge in [-0.05, 0) is 29.8 Å². The number of pyridine rings is 1. The number of halogens is 3. The van der Waals surface area contributed by atoms with E-state index in [0.717, 1.165) is 5.56 Å². The van der Waals surface area contributed by atoms with E-state index >= 15 is 0 Å². The minimum absolute atomic E-state index is 0.0747. The predicted octanol–water partition coefficient (Wildman–Crippen LogP) is 3.21. The van der Waals surface area contributed by atoms with Gasteiger partial charge in [0.15, 0.2) is 5.96 Å². The number of alkyl halides is 2. The molecule has 0 saturated heterocycles. The molecule has 26 heavy (non-hydrogen) atoms. The van der Waals surface area contributed by atoms with Crippen LogP contribution in [0.2, 0.25) is 5.15 Å². The van der Waals surface area contributed by atoms with Crippen molar-refractivity contribution in [3.05, 3.63) is 52.8 Å². The number of ether oxygens (including phenoxy) is 2. The molecule has 0 fully saturated rings. The molecule has 140 valence electrons. The number of guanidine groups is 1. The lowest BCUT2D eigenvalue weighted by molar-refractivity contribution is -0.0504. The Balaban J connectivity index is 1.99. The van der Waals surface area contributed by atoms with Gasteiger partial charge in [-0.3, -0.25) is 4.99 Å². The SMILES string of the molecule is CN=C(NCc1ccc(Cl)nc1)NCc1cc(OC)ccc1OC(F)F. The Morgan fingerprint density at radius 1 is 1.23 bits per heavy atom. The first-order valence-electron chi connectivity index (χ1n) is 7.68. The molecule has 0 bridgehead atoms. The number of rotatable bonds is 7. The maximum atomic E-state index is 12.6. The van der Waals surface area contributed by atoms with E-state index in [2.05, 4.69) is 25.3 Å². The Morgan fingerprint density at radius 3 is 2.62 bits per heavy atom. The third-order valence-electron chi connectivity index (χ3n) is 3.40. The first kappa shape index (κ1) is 19.7. The van der Waals surface area contributed by atoms with Gasteiger partial charge in [0, 0.05) is 31.9 Å². The maximum absolute atomic E-state index is 12.6. The molecular weight excluding hydrogens is 366 g/mol. The molecule has 9 heteroatoms. The fourth-order valence-electron chi connectivity index (χ4n) is 2.13. The molecule has 0 aliphatic carbocycles. The van der Waals surface area contributed by atoms with Gasteiger partial charge in [-0.1, -0.05) is 17.7 Å². The van der Waals surface area contributed by atoms with Crippen molar-refractivity contribution in [1.82, 2.24) is 15.6 Å². The molecular formula is C17H19ClF2N4O2. The highest BCUT2D eigenvalue weighted by Crippen LogP contribution is 2.25. The molecule has 1 aromatic carbocycles. The minimum atomic E-state index is -2.91. The highest BCUT2D eigenvalue weighted by atomic mass is 35.5. The van der Waals surface area contributed by atoms with E-state index in [0.29, 0.717) is 29.0 Å². The lowest BCUT2D eigenvalue weighted by atomic mass is 10.2. The third kappa shape index (κ3) is 6.03. The molecule has 1 heterocycles. The van der Waals surface area contributed by atoms with E-state index in [1.54, 1.807) is 31.4 Å². The van der Waals surface area contributed by atoms with E-state index in [1.807, 2.05) is 6.07 Å². The predicted molar refractivity (Wildman–Crippen MR) is 95.9 cm³/mol. The van der Waals surface area contributed by atoms with Gasteiger partial charge < -0.3 is 20.1 Å². The van der Waals surface area contributed by atoms with Gasteiger partial charge in [0.1, 0.15) is 16.7 Å². The molecule has 2 rings (SSSR count). The van der Waals surface area contributed by atoms with Crippen LogP contribution in [0.15, 0.2) is 41.5 Å². The summed E-state index contributed by atoms with van der Waals surface area (Å²) in [5.74, 6) is 1.11. The highest BCUT2D eigenvalue weighted by Gasteiger charge is 2.11. The summed E-state index contributed by atoms with van der Waals surface area (Å²) in [6.45, 7) is -2.21. The van der Waals surface area contributed by atoms with Crippen molar-refractivity contribution in [3.8, 4) is 11.5 Å². The average Bonchev–Trinajstić information content (AvgIpc) is 2.64. The van der Waals surface area contributed by atoms with Gasteiger partial charge in [0.25, 0.3) is 0 Å². The van der Waals surface area contributed by atoms with Gasteiger partial charge in [-0.15, -0.1) is 0 Å². The normalized spacial score (nSPS) is 11.4. The van der Waals surface area contributed by atoms with E-state index in [1.165, 1.54) is 13.2 Å². The van der Waals surface area contributed by atoms with Crippen molar-refractivity contribution in [2.24, 2.45) is 4.99 Å². The van der Waals surface area contributed by atoms with E-state index < -0.39 is 6.61 Å². The van der Waals surface area contributed by atoms with Crippen molar-refractivity contribution in [2.45, 2.75) is 19.7 Å². The summed E-state index contributed by atoms with van der Waals surface area (Å²) < 4.78 is 34.8. The number of aromatic nitrogens is 1. The van der Waals surface area contributed by atoms with Crippen molar-refractivity contribution in [3.63, 3.8) is 0 Å². The Bertz CT molecular complexity index is 742. The minimum Gasteiger partial charge on any atom is -0.497 e. The second kappa shape index (κ2) is 9.76. The van der Waals surface area contributed by atoms with Crippen molar-refractivity contribution < 1.29 is 18.3 Å². The van der Waals surface area contributed by atoms with Crippen LogP contribution in [0.4, 0.5) is 8.78 Å². The number of benzene rings is 1. The van der Waals surface area contributed by atoms with Crippen LogP contribution in [0.5, 0.6) is 11.5 Å². The number of aliphatic imine (C=N–C) groups is 1. The lowest BCUT2D eigenvalue weighted by Gasteiger charge is -2.15. The summed E-state index contributed by atoms with van der Waals surface area (Å²) in [4.78, 5) is 8.10. The number of hydrogen-bond acceptors (Lipinski definition) is 4. The first-order chi connectivity index (χ1) is 12.5. The Morgan fingerprint density at radius 2 is 2.00 bits per heavy atom. The molecule has 0 atom stereocenters. The fraction of sp³-hybridized carbons (Fsp3) is 0.294. The van der Waals surface area contributed by atoms with Crippen LogP contribution in [0.1, 0.15) is 11.1 Å². The molecule has 0 aliphatic rings. The van der Waals surface area contributed by atoms with Crippen LogP contribution in [-0.4, -0.2) is 31.7 Å². The summed E-state index contributed by atoms with van der Waals surface area (Å²) in [7, 11) is 3.11. The molecule has 0 aliphatic heterocycles. The average molecular weight is 385 g/mol. The van der Waals surface area contributed by atoms with Crippen LogP contribution in [0.25, 0.3) is 0 Å². The molecule has 1 aromatic heterocycles. The maximum Gasteiger partial charge on any atom is 0.387 e. The molecule has 2 N–H and O–H groups in total. The molecule has 2 aromatic rings. The van der Waals surface area contributed by atoms with E-state index in [9.17, 15) is 8.78 Å². The molecule has 0 amide bonds. The van der Waals surface area contributed by atoms with E-state index in [-0.39, 0.29) is 12.3 Å². The van der Waals surface area contributed by atoms with Crippen LogP contribution in [0, 0.1) is 0 Å². The van der Waals surface area contributed by atoms with Gasteiger partial charge in [-0.2, -0.15) is 8.78 Å². The van der Waals surface area contributed by atoms with Crippen LogP contribution >= 0.6 is 11.6 Å². The second-order valence-corrected chi connectivity index (χ2v) is 5.51. The van der Waals surface area contributed by atoms with Gasteiger partial charge in [-0.25, -0.2) is 4.98 Å². The zero-order valence-corrected chi connectivity index (χ0v) is 15.1. The zero-order valence-electron chi connectivity index (χ0n) is 14.3. The topological polar surface area (TPSA) is 67.8 Å². The van der Waals surface area contributed by atoms with Gasteiger partial charge in [0.2, 0.25) is 0 Å². The van der Waals surface area contributed by atoms with Gasteiger partial charge >= 0.3 is 6.61 Å². The van der Waals surface area contributed by atoms with Crippen molar-refractivity contribution in [2.75, 3.05) is 14.2 Å². The Kier molecular flexibility index (Phi) is 7.40. The van der Waals surface area contributed by atoms with Crippen LogP contribution in [-0.2, 0) is 13.1 Å². The summed E-state index contributed by atoms with van der Waals surface area (Å²) in [5, 5.41) is 6.56. The third-order valence-corrected chi connectivity index (χ3v) is 3.63. The lowest BCUT2D eigenvalue weighted by Crippen LogP contribution is -2.36. The quantitative estimate of drug-likeness (QED) is 0.436. The molecule has 6 nitrogen and oxygen atoms in total. The molecule has 0 radical (unpaired) electrons. The monoisotopic (exact) mass is 384 g/mol. The number of hydrogen-bond donors (Lipinski definition) is 2. The van der Waals surface area contributed by atoms with Crippen LogP contribution in [0.3, 0.4) is 0 Å². The zero-order chi connectivity index (χ0) is 18.9. The fourth-order valence-corrected chi connectivity index (χ4v) is 2.24. The van der Waals surface area contributed by atoms with Crippen molar-refractivity contribution in [1.29, 1.82) is 0 Å². The summed E-state index contributed by atoms with van der Waals surface area (Å²) in [6.07, 6.45) is 1.65. The molecule has 0 spiro atoms. The Labute approximate surface area is 155 Å². The number of methoxy groups -OCH3 is 1. The largest absolute Gasteiger partial charge is 0.497 e. The molecule has 0 saturated carbocycles. The van der Waals surface area contributed by atoms with Crippen LogP contribution < -0.4 is 20.1 Å². The van der Waals surface area contributed by atoms with Gasteiger partial charge in [0.05, 0.1) is 7.11 Å². The summed E-state index contributed by atoms with van der Waals surface area (Å²) in [5.41, 5.74) is 1.43. The first-order valence-corrected chi connectivity index (χ1v) is 8.06. The molecule has 0 unspecified atom stereocenters. The summed E-state index contributed by atoms with van der Waals surface area (Å²) >= 11 is 5.75. The number of nitrogens with one attached hydrogen (secondary N) is 2.